The summed E-state index contributed by atoms with van der Waals surface area (Å²) in [6.45, 7) is 2.85. The van der Waals surface area contributed by atoms with E-state index >= 15 is 0 Å². The third-order valence-corrected chi connectivity index (χ3v) is 3.59. The maximum atomic E-state index is 12.5. The Morgan fingerprint density at radius 1 is 1.62 bits per heavy atom. The standard InChI is InChI=1S/C13H16ClN3O4/c1-8(15)12-7-16(4-5-21-12)13(18)10-3-2-9(14)6-11(10)17(19)20/h2-3,6,8,12H,4-5,7,15H2,1H3. The van der Waals surface area contributed by atoms with Crippen molar-refractivity contribution in [3.05, 3.63) is 38.9 Å². The van der Waals surface area contributed by atoms with Gasteiger partial charge in [-0.3, -0.25) is 14.9 Å². The van der Waals surface area contributed by atoms with Crippen molar-refractivity contribution < 1.29 is 14.5 Å². The molecule has 1 aliphatic rings. The van der Waals surface area contributed by atoms with Crippen LogP contribution in [0.25, 0.3) is 0 Å². The van der Waals surface area contributed by atoms with E-state index in [0.29, 0.717) is 19.7 Å². The second kappa shape index (κ2) is 6.38. The quantitative estimate of drug-likeness (QED) is 0.672. The first-order chi connectivity index (χ1) is 9.90. The number of morpholine rings is 1. The van der Waals surface area contributed by atoms with Gasteiger partial charge in [0.15, 0.2) is 0 Å². The zero-order chi connectivity index (χ0) is 15.6. The number of hydrogen-bond acceptors (Lipinski definition) is 5. The monoisotopic (exact) mass is 313 g/mol. The molecule has 0 aliphatic carbocycles. The number of carbonyl (C=O) groups is 1. The summed E-state index contributed by atoms with van der Waals surface area (Å²) in [5, 5.41) is 11.3. The average Bonchev–Trinajstić information content (AvgIpc) is 2.46. The lowest BCUT2D eigenvalue weighted by molar-refractivity contribution is -0.385. The minimum absolute atomic E-state index is 0.0229. The largest absolute Gasteiger partial charge is 0.373 e. The van der Waals surface area contributed by atoms with E-state index in [1.165, 1.54) is 23.1 Å². The normalized spacial score (nSPS) is 20.1. The fraction of sp³-hybridized carbons (Fsp3) is 0.462. The van der Waals surface area contributed by atoms with Crippen molar-refractivity contribution in [3.63, 3.8) is 0 Å². The number of amides is 1. The number of nitrogens with zero attached hydrogens (tertiary/aromatic N) is 2. The summed E-state index contributed by atoms with van der Waals surface area (Å²) in [6.07, 6.45) is -0.269. The van der Waals surface area contributed by atoms with Gasteiger partial charge >= 0.3 is 0 Å². The van der Waals surface area contributed by atoms with Crippen molar-refractivity contribution in [2.45, 2.75) is 19.1 Å². The third-order valence-electron chi connectivity index (χ3n) is 3.35. The van der Waals surface area contributed by atoms with Gasteiger partial charge in [-0.2, -0.15) is 0 Å². The molecule has 0 aromatic heterocycles. The minimum Gasteiger partial charge on any atom is -0.373 e. The van der Waals surface area contributed by atoms with E-state index in [4.69, 9.17) is 22.1 Å². The maximum absolute atomic E-state index is 12.5. The first-order valence-electron chi connectivity index (χ1n) is 6.50. The highest BCUT2D eigenvalue weighted by Gasteiger charge is 2.30. The lowest BCUT2D eigenvalue weighted by atomic mass is 10.1. The van der Waals surface area contributed by atoms with Crippen molar-refractivity contribution in [3.8, 4) is 0 Å². The van der Waals surface area contributed by atoms with E-state index in [1.807, 2.05) is 0 Å². The first-order valence-corrected chi connectivity index (χ1v) is 6.88. The topological polar surface area (TPSA) is 98.7 Å². The van der Waals surface area contributed by atoms with Crippen LogP contribution in [-0.4, -0.2) is 47.6 Å². The highest BCUT2D eigenvalue weighted by Crippen LogP contribution is 2.25. The number of halogens is 1. The Morgan fingerprint density at radius 2 is 2.33 bits per heavy atom. The lowest BCUT2D eigenvalue weighted by Crippen LogP contribution is -2.51. The Kier molecular flexibility index (Phi) is 4.76. The van der Waals surface area contributed by atoms with Crippen LogP contribution in [0.15, 0.2) is 18.2 Å². The minimum atomic E-state index is -0.609. The van der Waals surface area contributed by atoms with Gasteiger partial charge < -0.3 is 15.4 Å². The van der Waals surface area contributed by atoms with Crippen LogP contribution in [0.2, 0.25) is 5.02 Å². The molecular weight excluding hydrogens is 298 g/mol. The molecule has 0 radical (unpaired) electrons. The maximum Gasteiger partial charge on any atom is 0.283 e. The van der Waals surface area contributed by atoms with E-state index < -0.39 is 10.8 Å². The molecule has 1 saturated heterocycles. The lowest BCUT2D eigenvalue weighted by Gasteiger charge is -2.34. The summed E-state index contributed by atoms with van der Waals surface area (Å²) in [5.41, 5.74) is 5.51. The predicted octanol–water partition coefficient (Wildman–Crippen LogP) is 1.44. The van der Waals surface area contributed by atoms with Crippen LogP contribution in [0.4, 0.5) is 5.69 Å². The number of rotatable bonds is 3. The first kappa shape index (κ1) is 15.7. The molecule has 0 bridgehead atoms. The van der Waals surface area contributed by atoms with Gasteiger partial charge in [0.25, 0.3) is 11.6 Å². The molecule has 2 N–H and O–H groups in total. The number of hydrogen-bond donors (Lipinski definition) is 1. The van der Waals surface area contributed by atoms with Crippen molar-refractivity contribution in [2.75, 3.05) is 19.7 Å². The Hall–Kier alpha value is -1.70. The van der Waals surface area contributed by atoms with Crippen LogP contribution in [0.3, 0.4) is 0 Å². The molecule has 2 unspecified atom stereocenters. The van der Waals surface area contributed by atoms with Gasteiger partial charge in [-0.15, -0.1) is 0 Å². The van der Waals surface area contributed by atoms with Crippen LogP contribution in [0, 0.1) is 10.1 Å². The van der Waals surface area contributed by atoms with Crippen molar-refractivity contribution in [1.82, 2.24) is 4.90 Å². The molecule has 1 fully saturated rings. The Bertz CT molecular complexity index is 564. The zero-order valence-electron chi connectivity index (χ0n) is 11.5. The number of nitro groups is 1. The smallest absolute Gasteiger partial charge is 0.283 e. The fourth-order valence-corrected chi connectivity index (χ4v) is 2.35. The molecule has 2 rings (SSSR count). The summed E-state index contributed by atoms with van der Waals surface area (Å²) in [4.78, 5) is 24.5. The Balaban J connectivity index is 2.26. The van der Waals surface area contributed by atoms with E-state index in [1.54, 1.807) is 6.92 Å². The molecule has 1 heterocycles. The van der Waals surface area contributed by atoms with E-state index in [2.05, 4.69) is 0 Å². The third kappa shape index (κ3) is 3.49. The number of ether oxygens (including phenoxy) is 1. The van der Waals surface area contributed by atoms with Gasteiger partial charge in [0.05, 0.1) is 17.6 Å². The average molecular weight is 314 g/mol. The second-order valence-corrected chi connectivity index (χ2v) is 5.37. The highest BCUT2D eigenvalue weighted by atomic mass is 35.5. The van der Waals surface area contributed by atoms with Crippen molar-refractivity contribution in [2.24, 2.45) is 5.73 Å². The van der Waals surface area contributed by atoms with E-state index in [0.717, 1.165) is 0 Å². The highest BCUT2D eigenvalue weighted by molar-refractivity contribution is 6.31. The van der Waals surface area contributed by atoms with Gasteiger partial charge in [-0.05, 0) is 19.1 Å². The number of benzene rings is 1. The van der Waals surface area contributed by atoms with Gasteiger partial charge in [0.2, 0.25) is 0 Å². The fourth-order valence-electron chi connectivity index (χ4n) is 2.19. The van der Waals surface area contributed by atoms with Crippen molar-refractivity contribution >= 4 is 23.2 Å². The van der Waals surface area contributed by atoms with Crippen LogP contribution in [0.5, 0.6) is 0 Å². The van der Waals surface area contributed by atoms with Gasteiger partial charge in [-0.25, -0.2) is 0 Å². The second-order valence-electron chi connectivity index (χ2n) is 4.94. The van der Waals surface area contributed by atoms with Crippen LogP contribution in [0.1, 0.15) is 17.3 Å². The molecule has 0 saturated carbocycles. The summed E-state index contributed by atoms with van der Waals surface area (Å²) < 4.78 is 5.48. The molecular formula is C13H16ClN3O4. The molecule has 0 spiro atoms. The summed E-state index contributed by atoms with van der Waals surface area (Å²) in [7, 11) is 0. The van der Waals surface area contributed by atoms with Crippen LogP contribution in [-0.2, 0) is 4.74 Å². The van der Waals surface area contributed by atoms with Crippen LogP contribution < -0.4 is 5.73 Å². The summed E-state index contributed by atoms with van der Waals surface area (Å²) in [6, 6.07) is 3.80. The van der Waals surface area contributed by atoms with Gasteiger partial charge in [0.1, 0.15) is 5.56 Å². The number of carbonyl (C=O) groups excluding carboxylic acids is 1. The van der Waals surface area contributed by atoms with Gasteiger partial charge in [0, 0.05) is 30.2 Å². The van der Waals surface area contributed by atoms with Gasteiger partial charge in [-0.1, -0.05) is 11.6 Å². The molecule has 21 heavy (non-hydrogen) atoms. The van der Waals surface area contributed by atoms with E-state index in [9.17, 15) is 14.9 Å². The molecule has 1 aliphatic heterocycles. The predicted molar refractivity (Wildman–Crippen MR) is 77.4 cm³/mol. The molecule has 8 heteroatoms. The number of nitro benzene ring substituents is 1. The zero-order valence-corrected chi connectivity index (χ0v) is 12.2. The molecule has 1 amide bonds. The Morgan fingerprint density at radius 3 is 2.95 bits per heavy atom. The van der Waals surface area contributed by atoms with Crippen molar-refractivity contribution in [1.29, 1.82) is 0 Å². The summed E-state index contributed by atoms with van der Waals surface area (Å²) in [5.74, 6) is -0.410. The molecule has 7 nitrogen and oxygen atoms in total. The molecule has 1 aromatic rings. The molecule has 2 atom stereocenters. The molecule has 114 valence electrons. The SMILES string of the molecule is CC(N)C1CN(C(=O)c2ccc(Cl)cc2[N+](=O)[O-])CCO1. The molecule has 1 aromatic carbocycles. The summed E-state index contributed by atoms with van der Waals surface area (Å²) >= 11 is 5.75. The van der Waals surface area contributed by atoms with E-state index in [-0.39, 0.29) is 28.4 Å². The number of nitrogens with two attached hydrogens (primary N) is 1. The Labute approximate surface area is 126 Å². The van der Waals surface area contributed by atoms with Crippen LogP contribution >= 0.6 is 11.6 Å².